The van der Waals surface area contributed by atoms with Crippen LogP contribution in [0.4, 0.5) is 0 Å². The number of methoxy groups -OCH3 is 1. The summed E-state index contributed by atoms with van der Waals surface area (Å²) in [5.41, 5.74) is 2.37. The van der Waals surface area contributed by atoms with E-state index >= 15 is 0 Å². The van der Waals surface area contributed by atoms with Gasteiger partial charge in [0.25, 0.3) is 0 Å². The monoisotopic (exact) mass is 578 g/mol. The molecule has 0 saturated carbocycles. The number of ether oxygens (including phenoxy) is 2. The predicted molar refractivity (Wildman–Crippen MR) is 144 cm³/mol. The number of carbonyl (C=O) groups excluding carboxylic acids is 1. The van der Waals surface area contributed by atoms with E-state index in [9.17, 15) is 21.6 Å². The number of nitrogens with two attached hydrogens (primary N) is 1. The fourth-order valence-electron chi connectivity index (χ4n) is 4.38. The third-order valence-electron chi connectivity index (χ3n) is 6.57. The number of benzene rings is 2. The number of rotatable bonds is 8. The summed E-state index contributed by atoms with van der Waals surface area (Å²) in [7, 11) is -6.45. The summed E-state index contributed by atoms with van der Waals surface area (Å²) in [6.07, 6.45) is 0.294. The molecule has 12 heteroatoms. The minimum atomic E-state index is -3.90. The molecule has 1 aliphatic heterocycles. The van der Waals surface area contributed by atoms with Gasteiger partial charge < -0.3 is 9.47 Å². The van der Waals surface area contributed by atoms with E-state index in [4.69, 9.17) is 14.6 Å². The van der Waals surface area contributed by atoms with Crippen molar-refractivity contribution in [3.05, 3.63) is 76.2 Å². The van der Waals surface area contributed by atoms with Gasteiger partial charge in [0.2, 0.25) is 20.0 Å². The molecule has 38 heavy (non-hydrogen) atoms. The van der Waals surface area contributed by atoms with Crippen molar-refractivity contribution in [2.75, 3.05) is 13.7 Å². The maximum Gasteiger partial charge on any atom is 0.306 e. The van der Waals surface area contributed by atoms with Crippen LogP contribution in [0, 0.1) is 6.92 Å². The zero-order valence-corrected chi connectivity index (χ0v) is 23.7. The van der Waals surface area contributed by atoms with Gasteiger partial charge in [0.1, 0.15) is 21.0 Å². The van der Waals surface area contributed by atoms with Crippen molar-refractivity contribution >= 4 is 37.4 Å². The van der Waals surface area contributed by atoms with Crippen LogP contribution < -0.4 is 9.88 Å². The van der Waals surface area contributed by atoms with Gasteiger partial charge in [0.05, 0.1) is 20.1 Å². The van der Waals surface area contributed by atoms with Crippen LogP contribution in [0.15, 0.2) is 63.7 Å². The Hall–Kier alpha value is -2.77. The van der Waals surface area contributed by atoms with Gasteiger partial charge in [0.15, 0.2) is 0 Å². The second kappa shape index (κ2) is 11.1. The van der Waals surface area contributed by atoms with Crippen LogP contribution in [0.25, 0.3) is 0 Å². The van der Waals surface area contributed by atoms with Gasteiger partial charge in [-0.1, -0.05) is 37.3 Å². The van der Waals surface area contributed by atoms with Gasteiger partial charge in [0, 0.05) is 17.3 Å². The van der Waals surface area contributed by atoms with Crippen molar-refractivity contribution in [1.29, 1.82) is 0 Å². The van der Waals surface area contributed by atoms with E-state index in [-0.39, 0.29) is 34.7 Å². The van der Waals surface area contributed by atoms with Crippen LogP contribution in [-0.2, 0) is 36.1 Å². The Morgan fingerprint density at radius 2 is 1.95 bits per heavy atom. The summed E-state index contributed by atoms with van der Waals surface area (Å²) in [4.78, 5) is 13.0. The first kappa shape index (κ1) is 28.2. The highest BCUT2D eigenvalue weighted by Crippen LogP contribution is 2.37. The highest BCUT2D eigenvalue weighted by molar-refractivity contribution is 7.91. The van der Waals surface area contributed by atoms with Gasteiger partial charge in [-0.15, -0.1) is 11.3 Å². The van der Waals surface area contributed by atoms with E-state index in [0.29, 0.717) is 17.0 Å². The van der Waals surface area contributed by atoms with Crippen molar-refractivity contribution < 1.29 is 31.1 Å². The summed E-state index contributed by atoms with van der Waals surface area (Å²) < 4.78 is 63.3. The van der Waals surface area contributed by atoms with E-state index in [1.807, 2.05) is 32.0 Å². The fraction of sp³-hybridized carbons (Fsp3) is 0.346. The van der Waals surface area contributed by atoms with Gasteiger partial charge in [-0.2, -0.15) is 4.31 Å². The van der Waals surface area contributed by atoms with Crippen molar-refractivity contribution in [2.45, 2.75) is 54.4 Å². The predicted octanol–water partition coefficient (Wildman–Crippen LogP) is 3.76. The zero-order valence-electron chi connectivity index (χ0n) is 21.3. The lowest BCUT2D eigenvalue weighted by molar-refractivity contribution is -0.140. The first-order valence-electron chi connectivity index (χ1n) is 12.0. The highest BCUT2D eigenvalue weighted by atomic mass is 32.2. The van der Waals surface area contributed by atoms with E-state index in [2.05, 4.69) is 0 Å². The standard InChI is InChI=1S/C26H30N2O7S3/c1-4-20-16-28(38(32,33)24-8-6-5-7-22(24)35-20)15-19-13-18(10-9-17(19)2)21(14-25(29)34-3)23-11-12-26(36-23)37(27,30)31/h5-13,20-21H,4,14-16H2,1-3H3,(H2,27,30,31)/t20-,21?/m1/s1. The SMILES string of the molecule is CC[C@@H]1CN(Cc2cc(C(CC(=O)OC)c3ccc(S(N)(=O)=O)s3)ccc2C)S(=O)(=O)c2ccccc2O1. The molecule has 3 aromatic rings. The van der Waals surface area contributed by atoms with Crippen LogP contribution in [0.1, 0.15) is 47.3 Å². The topological polar surface area (TPSA) is 133 Å². The molecule has 0 fully saturated rings. The summed E-state index contributed by atoms with van der Waals surface area (Å²) in [5, 5.41) is 5.30. The fourth-order valence-corrected chi connectivity index (χ4v) is 7.83. The lowest BCUT2D eigenvalue weighted by atomic mass is 9.91. The molecule has 2 N–H and O–H groups in total. The van der Waals surface area contributed by atoms with Crippen LogP contribution in [0.2, 0.25) is 0 Å². The average Bonchev–Trinajstić information content (AvgIpc) is 3.35. The molecule has 0 radical (unpaired) electrons. The van der Waals surface area contributed by atoms with E-state index in [1.165, 1.54) is 17.5 Å². The Morgan fingerprint density at radius 1 is 1.21 bits per heavy atom. The lowest BCUT2D eigenvalue weighted by Gasteiger charge is -2.24. The number of aryl methyl sites for hydroxylation is 1. The third-order valence-corrected chi connectivity index (χ3v) is 11.1. The molecule has 1 aromatic heterocycles. The molecule has 9 nitrogen and oxygen atoms in total. The van der Waals surface area contributed by atoms with Gasteiger partial charge >= 0.3 is 5.97 Å². The van der Waals surface area contributed by atoms with E-state index in [1.54, 1.807) is 30.3 Å². The highest BCUT2D eigenvalue weighted by Gasteiger charge is 2.34. The van der Waals surface area contributed by atoms with Crippen LogP contribution in [0.3, 0.4) is 0 Å². The van der Waals surface area contributed by atoms with Gasteiger partial charge in [-0.3, -0.25) is 4.79 Å². The van der Waals surface area contributed by atoms with Crippen LogP contribution in [0.5, 0.6) is 5.75 Å². The van der Waals surface area contributed by atoms with Gasteiger partial charge in [-0.05, 0) is 54.3 Å². The number of para-hydroxylation sites is 1. The molecule has 2 heterocycles. The largest absolute Gasteiger partial charge is 0.488 e. The molecular weight excluding hydrogens is 548 g/mol. The molecule has 0 aliphatic carbocycles. The van der Waals surface area contributed by atoms with Gasteiger partial charge in [-0.25, -0.2) is 22.0 Å². The Balaban J connectivity index is 1.74. The molecule has 2 atom stereocenters. The molecule has 4 rings (SSSR count). The molecule has 0 amide bonds. The maximum atomic E-state index is 13.6. The first-order chi connectivity index (χ1) is 17.9. The minimum Gasteiger partial charge on any atom is -0.488 e. The van der Waals surface area contributed by atoms with Crippen molar-refractivity contribution in [2.24, 2.45) is 5.14 Å². The molecule has 0 spiro atoms. The summed E-state index contributed by atoms with van der Waals surface area (Å²) in [5.74, 6) is -0.623. The number of fused-ring (bicyclic) bond motifs is 1. The summed E-state index contributed by atoms with van der Waals surface area (Å²) >= 11 is 0.995. The Kier molecular flexibility index (Phi) is 8.29. The van der Waals surface area contributed by atoms with Crippen molar-refractivity contribution in [3.63, 3.8) is 0 Å². The zero-order chi connectivity index (χ0) is 27.7. The van der Waals surface area contributed by atoms with Crippen molar-refractivity contribution in [3.8, 4) is 5.75 Å². The van der Waals surface area contributed by atoms with Crippen molar-refractivity contribution in [1.82, 2.24) is 4.31 Å². The summed E-state index contributed by atoms with van der Waals surface area (Å²) in [6.45, 7) is 4.13. The van der Waals surface area contributed by atoms with E-state index < -0.39 is 31.9 Å². The molecular formula is C26H30N2O7S3. The first-order valence-corrected chi connectivity index (χ1v) is 15.8. The number of primary sulfonamides is 1. The molecule has 2 aromatic carbocycles. The maximum absolute atomic E-state index is 13.6. The molecule has 0 bridgehead atoms. The quantitative estimate of drug-likeness (QED) is 0.403. The lowest BCUT2D eigenvalue weighted by Crippen LogP contribution is -2.36. The number of nitrogens with zero attached hydrogens (tertiary/aromatic N) is 1. The normalized spacial score (nSPS) is 18.2. The van der Waals surface area contributed by atoms with Crippen LogP contribution >= 0.6 is 11.3 Å². The molecule has 0 saturated heterocycles. The van der Waals surface area contributed by atoms with Crippen LogP contribution in [-0.4, -0.2) is 46.9 Å². The number of esters is 1. The Labute approximate surface area is 227 Å². The minimum absolute atomic E-state index is 0.00497. The average molecular weight is 579 g/mol. The number of hydrogen-bond acceptors (Lipinski definition) is 8. The molecule has 1 aliphatic rings. The Bertz CT molecular complexity index is 1550. The Morgan fingerprint density at radius 3 is 2.61 bits per heavy atom. The number of carbonyl (C=O) groups is 1. The second-order valence-corrected chi connectivity index (χ2v) is 13.9. The number of thiophene rings is 1. The third kappa shape index (κ3) is 5.94. The second-order valence-electron chi connectivity index (χ2n) is 9.11. The number of sulfonamides is 2. The number of hydrogen-bond donors (Lipinski definition) is 1. The van der Waals surface area contributed by atoms with E-state index in [0.717, 1.165) is 28.0 Å². The smallest absolute Gasteiger partial charge is 0.306 e. The summed E-state index contributed by atoms with van der Waals surface area (Å²) in [6, 6.07) is 15.3. The molecule has 1 unspecified atom stereocenters. The molecule has 204 valence electrons.